The highest BCUT2D eigenvalue weighted by Crippen LogP contribution is 2.39. The first kappa shape index (κ1) is 19.2. The zero-order chi connectivity index (χ0) is 19.7. The molecule has 1 amide bonds. The largest absolute Gasteiger partial charge is 0.361 e. The summed E-state index contributed by atoms with van der Waals surface area (Å²) < 4.78 is 5.08. The minimum absolute atomic E-state index is 0.00937. The molecule has 0 bridgehead atoms. The first-order valence-corrected chi connectivity index (χ1v) is 10.5. The van der Waals surface area contributed by atoms with Crippen molar-refractivity contribution >= 4 is 5.91 Å². The summed E-state index contributed by atoms with van der Waals surface area (Å²) in [7, 11) is 0. The summed E-state index contributed by atoms with van der Waals surface area (Å²) in [6.07, 6.45) is 3.49. The Balaban J connectivity index is 1.38. The van der Waals surface area contributed by atoms with E-state index < -0.39 is 0 Å². The fourth-order valence-corrected chi connectivity index (χ4v) is 4.78. The van der Waals surface area contributed by atoms with E-state index in [-0.39, 0.29) is 11.3 Å². The van der Waals surface area contributed by atoms with Gasteiger partial charge in [-0.1, -0.05) is 43.3 Å². The molecule has 0 aliphatic carbocycles. The second-order valence-corrected chi connectivity index (χ2v) is 9.01. The quantitative estimate of drug-likeness (QED) is 0.795. The molecule has 0 radical (unpaired) electrons. The van der Waals surface area contributed by atoms with Crippen molar-refractivity contribution in [2.45, 2.75) is 52.5 Å². The van der Waals surface area contributed by atoms with Gasteiger partial charge in [0.15, 0.2) is 5.69 Å². The summed E-state index contributed by atoms with van der Waals surface area (Å²) in [6, 6.07) is 10.8. The SMILES string of the molecule is Cc1cc(C(=O)N2CCC3(CCCN(Cc4ccc(C(C)C)cc4)C3)C2)no1. The van der Waals surface area contributed by atoms with Crippen molar-refractivity contribution in [3.8, 4) is 0 Å². The molecule has 2 saturated heterocycles. The number of piperidine rings is 1. The standard InChI is InChI=1S/C23H31N3O2/c1-17(2)20-7-5-19(6-8-20)14-25-11-4-9-23(15-25)10-12-26(16-23)22(27)21-13-18(3)28-24-21/h5-8,13,17H,4,9-12,14-16H2,1-3H3. The van der Waals surface area contributed by atoms with Crippen molar-refractivity contribution in [3.05, 3.63) is 52.9 Å². The molecule has 150 valence electrons. The molecular formula is C23H31N3O2. The Hall–Kier alpha value is -2.14. The Labute approximate surface area is 167 Å². The molecule has 2 aromatic rings. The molecule has 1 aromatic carbocycles. The summed E-state index contributed by atoms with van der Waals surface area (Å²) in [5.41, 5.74) is 3.44. The highest BCUT2D eigenvalue weighted by atomic mass is 16.5. The first-order valence-electron chi connectivity index (χ1n) is 10.5. The van der Waals surface area contributed by atoms with Gasteiger partial charge in [0.05, 0.1) is 0 Å². The maximum atomic E-state index is 12.7. The Kier molecular flexibility index (Phi) is 5.28. The van der Waals surface area contributed by atoms with Gasteiger partial charge in [0, 0.05) is 37.7 Å². The van der Waals surface area contributed by atoms with Gasteiger partial charge in [-0.25, -0.2) is 0 Å². The number of aryl methyl sites for hydroxylation is 1. The number of carbonyl (C=O) groups excluding carboxylic acids is 1. The lowest BCUT2D eigenvalue weighted by atomic mass is 9.79. The van der Waals surface area contributed by atoms with E-state index in [0.29, 0.717) is 17.4 Å². The number of hydrogen-bond acceptors (Lipinski definition) is 4. The van der Waals surface area contributed by atoms with Crippen LogP contribution >= 0.6 is 0 Å². The average molecular weight is 382 g/mol. The van der Waals surface area contributed by atoms with Gasteiger partial charge in [-0.15, -0.1) is 0 Å². The molecule has 4 rings (SSSR count). The summed E-state index contributed by atoms with van der Waals surface area (Å²) in [4.78, 5) is 17.3. The van der Waals surface area contributed by atoms with Crippen molar-refractivity contribution < 1.29 is 9.32 Å². The minimum Gasteiger partial charge on any atom is -0.361 e. The molecule has 28 heavy (non-hydrogen) atoms. The van der Waals surface area contributed by atoms with E-state index in [0.717, 1.165) is 39.1 Å². The van der Waals surface area contributed by atoms with Gasteiger partial charge < -0.3 is 9.42 Å². The van der Waals surface area contributed by atoms with Gasteiger partial charge in [0.25, 0.3) is 5.91 Å². The number of hydrogen-bond donors (Lipinski definition) is 0. The predicted octanol–water partition coefficient (Wildman–Crippen LogP) is 4.23. The van der Waals surface area contributed by atoms with E-state index in [1.54, 1.807) is 6.07 Å². The molecule has 5 heteroatoms. The second kappa shape index (κ2) is 7.70. The molecule has 0 saturated carbocycles. The molecule has 3 heterocycles. The van der Waals surface area contributed by atoms with Crippen molar-refractivity contribution in [3.63, 3.8) is 0 Å². The van der Waals surface area contributed by atoms with Gasteiger partial charge in [-0.05, 0) is 49.8 Å². The molecule has 0 N–H and O–H groups in total. The van der Waals surface area contributed by atoms with Crippen LogP contribution in [0.1, 0.15) is 66.4 Å². The molecule has 1 unspecified atom stereocenters. The van der Waals surface area contributed by atoms with E-state index in [1.807, 2.05) is 11.8 Å². The smallest absolute Gasteiger partial charge is 0.276 e. The van der Waals surface area contributed by atoms with E-state index in [2.05, 4.69) is 48.2 Å². The molecule has 1 spiro atoms. The number of likely N-dealkylation sites (tertiary alicyclic amines) is 2. The molecular weight excluding hydrogens is 350 g/mol. The first-order chi connectivity index (χ1) is 13.4. The molecule has 2 aliphatic rings. The van der Waals surface area contributed by atoms with Crippen LogP contribution in [-0.2, 0) is 6.54 Å². The Morgan fingerprint density at radius 2 is 1.96 bits per heavy atom. The van der Waals surface area contributed by atoms with Crippen LogP contribution in [0.25, 0.3) is 0 Å². The summed E-state index contributed by atoms with van der Waals surface area (Å²) in [5, 5.41) is 3.91. The fraction of sp³-hybridized carbons (Fsp3) is 0.565. The zero-order valence-electron chi connectivity index (χ0n) is 17.3. The van der Waals surface area contributed by atoms with Crippen LogP contribution in [0, 0.1) is 12.3 Å². The molecule has 5 nitrogen and oxygen atoms in total. The van der Waals surface area contributed by atoms with Gasteiger partial charge in [-0.3, -0.25) is 9.69 Å². The Morgan fingerprint density at radius 3 is 2.64 bits per heavy atom. The van der Waals surface area contributed by atoms with Crippen LogP contribution in [0.15, 0.2) is 34.9 Å². The Bertz CT molecular complexity index is 827. The van der Waals surface area contributed by atoms with Crippen molar-refractivity contribution in [2.24, 2.45) is 5.41 Å². The molecule has 1 aromatic heterocycles. The fourth-order valence-electron chi connectivity index (χ4n) is 4.78. The van der Waals surface area contributed by atoms with E-state index >= 15 is 0 Å². The maximum absolute atomic E-state index is 12.7. The third kappa shape index (κ3) is 4.00. The highest BCUT2D eigenvalue weighted by Gasteiger charge is 2.43. The normalized spacial score (nSPS) is 23.1. The average Bonchev–Trinajstić information content (AvgIpc) is 3.28. The maximum Gasteiger partial charge on any atom is 0.276 e. The van der Waals surface area contributed by atoms with E-state index in [4.69, 9.17) is 4.52 Å². The van der Waals surface area contributed by atoms with Crippen LogP contribution in [-0.4, -0.2) is 47.0 Å². The number of aromatic nitrogens is 1. The van der Waals surface area contributed by atoms with Crippen LogP contribution in [0.5, 0.6) is 0 Å². The zero-order valence-corrected chi connectivity index (χ0v) is 17.3. The number of amides is 1. The summed E-state index contributed by atoms with van der Waals surface area (Å²) >= 11 is 0. The van der Waals surface area contributed by atoms with Crippen LogP contribution in [0.3, 0.4) is 0 Å². The van der Waals surface area contributed by atoms with Crippen LogP contribution in [0.4, 0.5) is 0 Å². The van der Waals surface area contributed by atoms with Gasteiger partial charge in [0.1, 0.15) is 5.76 Å². The Morgan fingerprint density at radius 1 is 1.18 bits per heavy atom. The molecule has 1 atom stereocenters. The summed E-state index contributed by atoms with van der Waals surface area (Å²) in [5.74, 6) is 1.27. The van der Waals surface area contributed by atoms with Crippen molar-refractivity contribution in [1.29, 1.82) is 0 Å². The lowest BCUT2D eigenvalue weighted by Crippen LogP contribution is -2.45. The van der Waals surface area contributed by atoms with Gasteiger partial charge in [0.2, 0.25) is 0 Å². The topological polar surface area (TPSA) is 49.6 Å². The van der Waals surface area contributed by atoms with Crippen molar-refractivity contribution in [1.82, 2.24) is 15.0 Å². The summed E-state index contributed by atoms with van der Waals surface area (Å²) in [6.45, 7) is 11.2. The number of carbonyl (C=O) groups is 1. The van der Waals surface area contributed by atoms with E-state index in [9.17, 15) is 4.79 Å². The van der Waals surface area contributed by atoms with E-state index in [1.165, 1.54) is 24.0 Å². The van der Waals surface area contributed by atoms with Crippen molar-refractivity contribution in [2.75, 3.05) is 26.2 Å². The highest BCUT2D eigenvalue weighted by molar-refractivity contribution is 5.92. The minimum atomic E-state index is 0.00937. The van der Waals surface area contributed by atoms with Crippen LogP contribution < -0.4 is 0 Å². The number of nitrogens with zero attached hydrogens (tertiary/aromatic N) is 3. The molecule has 2 aliphatic heterocycles. The third-order valence-corrected chi connectivity index (χ3v) is 6.37. The third-order valence-electron chi connectivity index (χ3n) is 6.37. The second-order valence-electron chi connectivity index (χ2n) is 9.01. The van der Waals surface area contributed by atoms with Gasteiger partial charge in [-0.2, -0.15) is 0 Å². The van der Waals surface area contributed by atoms with Gasteiger partial charge >= 0.3 is 0 Å². The van der Waals surface area contributed by atoms with Crippen LogP contribution in [0.2, 0.25) is 0 Å². The lowest BCUT2D eigenvalue weighted by Gasteiger charge is -2.40. The number of benzene rings is 1. The lowest BCUT2D eigenvalue weighted by molar-refractivity contribution is 0.0667. The monoisotopic (exact) mass is 381 g/mol. The number of rotatable bonds is 4. The molecule has 2 fully saturated rings. The predicted molar refractivity (Wildman–Crippen MR) is 109 cm³/mol.